The van der Waals surface area contributed by atoms with E-state index < -0.39 is 0 Å². The summed E-state index contributed by atoms with van der Waals surface area (Å²) in [4.78, 5) is 25.8. The Kier molecular flexibility index (Phi) is 4.82. The molecule has 0 bridgehead atoms. The number of hydrogen-bond acceptors (Lipinski definition) is 4. The lowest BCUT2D eigenvalue weighted by Gasteiger charge is -2.33. The van der Waals surface area contributed by atoms with E-state index in [1.165, 1.54) is 12.1 Å². The van der Waals surface area contributed by atoms with E-state index in [4.69, 9.17) is 0 Å². The summed E-state index contributed by atoms with van der Waals surface area (Å²) >= 11 is 0. The molecule has 2 aromatic rings. The van der Waals surface area contributed by atoms with Crippen molar-refractivity contribution in [3.05, 3.63) is 42.5 Å². The third kappa shape index (κ3) is 3.54. The number of likely N-dealkylation sites (tertiary alicyclic amines) is 1. The summed E-state index contributed by atoms with van der Waals surface area (Å²) in [5.41, 5.74) is 1.74. The normalized spacial score (nSPS) is 20.4. The van der Waals surface area contributed by atoms with Crippen molar-refractivity contribution >= 4 is 11.9 Å². The Labute approximate surface area is 152 Å². The maximum Gasteiger partial charge on any atom is 0.227 e. The van der Waals surface area contributed by atoms with Crippen molar-refractivity contribution in [2.45, 2.75) is 25.7 Å². The van der Waals surface area contributed by atoms with Crippen molar-refractivity contribution in [2.75, 3.05) is 31.1 Å². The zero-order valence-electron chi connectivity index (χ0n) is 14.8. The molecule has 0 radical (unpaired) electrons. The molecule has 6 heteroatoms. The Morgan fingerprint density at radius 3 is 2.35 bits per heavy atom. The van der Waals surface area contributed by atoms with Crippen molar-refractivity contribution in [1.29, 1.82) is 0 Å². The molecule has 2 saturated heterocycles. The number of aromatic nitrogens is 2. The third-order valence-electron chi connectivity index (χ3n) is 5.29. The number of hydrogen-bond donors (Lipinski definition) is 0. The summed E-state index contributed by atoms with van der Waals surface area (Å²) in [5.74, 6) is 0.737. The lowest BCUT2D eigenvalue weighted by molar-refractivity contribution is -0.134. The van der Waals surface area contributed by atoms with Crippen molar-refractivity contribution in [3.8, 4) is 11.1 Å². The van der Waals surface area contributed by atoms with Gasteiger partial charge in [0.05, 0.1) is 5.92 Å². The average molecular weight is 354 g/mol. The first-order valence-electron chi connectivity index (χ1n) is 9.32. The molecule has 1 atom stereocenters. The minimum atomic E-state index is -0.256. The molecule has 26 heavy (non-hydrogen) atoms. The van der Waals surface area contributed by atoms with E-state index in [1.807, 2.05) is 4.90 Å². The summed E-state index contributed by atoms with van der Waals surface area (Å²) < 4.78 is 13.1. The quantitative estimate of drug-likeness (QED) is 0.850. The van der Waals surface area contributed by atoms with E-state index in [0.717, 1.165) is 56.4 Å². The summed E-state index contributed by atoms with van der Waals surface area (Å²) in [6.07, 6.45) is 7.70. The van der Waals surface area contributed by atoms with Gasteiger partial charge in [0.25, 0.3) is 0 Å². The minimum absolute atomic E-state index is 0.0437. The molecular weight excluding hydrogens is 331 g/mol. The molecule has 0 N–H and O–H groups in total. The van der Waals surface area contributed by atoms with Crippen LogP contribution in [-0.4, -0.2) is 47.0 Å². The molecule has 2 aliphatic rings. The molecule has 136 valence electrons. The standard InChI is InChI=1S/C20H23FN4O/c21-18-7-5-15(6-8-18)17-12-22-20(23-13-17)25-11-3-4-16(14-25)19(26)24-9-1-2-10-24/h5-8,12-13,16H,1-4,9-11,14H2/t16-/m0/s1. The summed E-state index contributed by atoms with van der Waals surface area (Å²) in [6.45, 7) is 3.36. The van der Waals surface area contributed by atoms with Crippen LogP contribution in [0, 0.1) is 11.7 Å². The van der Waals surface area contributed by atoms with Gasteiger partial charge in [-0.1, -0.05) is 12.1 Å². The zero-order valence-corrected chi connectivity index (χ0v) is 14.8. The van der Waals surface area contributed by atoms with Crippen molar-refractivity contribution in [2.24, 2.45) is 5.92 Å². The van der Waals surface area contributed by atoms with Crippen LogP contribution in [0.3, 0.4) is 0 Å². The van der Waals surface area contributed by atoms with E-state index in [2.05, 4.69) is 14.9 Å². The molecule has 0 unspecified atom stereocenters. The fraction of sp³-hybridized carbons (Fsp3) is 0.450. The molecule has 0 spiro atoms. The number of rotatable bonds is 3. The number of carbonyl (C=O) groups is 1. The van der Waals surface area contributed by atoms with Gasteiger partial charge in [0.2, 0.25) is 11.9 Å². The molecule has 0 aliphatic carbocycles. The fourth-order valence-corrected chi connectivity index (χ4v) is 3.83. The second-order valence-electron chi connectivity index (χ2n) is 7.10. The second-order valence-corrected chi connectivity index (χ2v) is 7.10. The highest BCUT2D eigenvalue weighted by Gasteiger charge is 2.31. The first-order chi connectivity index (χ1) is 12.7. The SMILES string of the molecule is O=C([C@H]1CCCN(c2ncc(-c3ccc(F)cc3)cn2)C1)N1CCCC1. The second kappa shape index (κ2) is 7.40. The van der Waals surface area contributed by atoms with Gasteiger partial charge < -0.3 is 9.80 Å². The Balaban J connectivity index is 1.45. The van der Waals surface area contributed by atoms with Gasteiger partial charge in [-0.3, -0.25) is 4.79 Å². The van der Waals surface area contributed by atoms with E-state index >= 15 is 0 Å². The predicted octanol–water partition coefficient (Wildman–Crippen LogP) is 3.12. The largest absolute Gasteiger partial charge is 0.342 e. The number of nitrogens with zero attached hydrogens (tertiary/aromatic N) is 4. The zero-order chi connectivity index (χ0) is 17.9. The number of amides is 1. The van der Waals surface area contributed by atoms with Gasteiger partial charge in [0.15, 0.2) is 0 Å². The Morgan fingerprint density at radius 1 is 0.962 bits per heavy atom. The minimum Gasteiger partial charge on any atom is -0.342 e. The lowest BCUT2D eigenvalue weighted by Crippen LogP contribution is -2.44. The molecular formula is C20H23FN4O. The van der Waals surface area contributed by atoms with Gasteiger partial charge in [0.1, 0.15) is 5.82 Å². The summed E-state index contributed by atoms with van der Waals surface area (Å²) in [5, 5.41) is 0. The predicted molar refractivity (Wildman–Crippen MR) is 98.2 cm³/mol. The maximum atomic E-state index is 13.1. The highest BCUT2D eigenvalue weighted by molar-refractivity contribution is 5.80. The Morgan fingerprint density at radius 2 is 1.65 bits per heavy atom. The van der Waals surface area contributed by atoms with Crippen LogP contribution in [0.1, 0.15) is 25.7 Å². The van der Waals surface area contributed by atoms with Gasteiger partial charge in [-0.05, 0) is 43.4 Å². The van der Waals surface area contributed by atoms with Crippen LogP contribution >= 0.6 is 0 Å². The van der Waals surface area contributed by atoms with Crippen LogP contribution in [0.5, 0.6) is 0 Å². The van der Waals surface area contributed by atoms with E-state index in [-0.39, 0.29) is 17.6 Å². The molecule has 1 aromatic carbocycles. The first kappa shape index (κ1) is 16.9. The average Bonchev–Trinajstić information content (AvgIpc) is 3.23. The number of carbonyl (C=O) groups excluding carboxylic acids is 1. The molecule has 1 aromatic heterocycles. The van der Waals surface area contributed by atoms with Crippen LogP contribution in [-0.2, 0) is 4.79 Å². The molecule has 5 nitrogen and oxygen atoms in total. The molecule has 0 saturated carbocycles. The Bertz CT molecular complexity index is 756. The maximum absolute atomic E-state index is 13.1. The first-order valence-corrected chi connectivity index (χ1v) is 9.32. The lowest BCUT2D eigenvalue weighted by atomic mass is 9.97. The van der Waals surface area contributed by atoms with Crippen molar-refractivity contribution < 1.29 is 9.18 Å². The van der Waals surface area contributed by atoms with Crippen LogP contribution < -0.4 is 4.90 Å². The summed E-state index contributed by atoms with van der Waals surface area (Å²) in [6, 6.07) is 6.31. The third-order valence-corrected chi connectivity index (χ3v) is 5.29. The molecule has 2 fully saturated rings. The van der Waals surface area contributed by atoms with Gasteiger partial charge in [-0.25, -0.2) is 14.4 Å². The highest BCUT2D eigenvalue weighted by atomic mass is 19.1. The molecule has 2 aliphatic heterocycles. The van der Waals surface area contributed by atoms with Crippen LogP contribution in [0.25, 0.3) is 11.1 Å². The van der Waals surface area contributed by atoms with E-state index in [9.17, 15) is 9.18 Å². The number of halogens is 1. The van der Waals surface area contributed by atoms with E-state index in [0.29, 0.717) is 12.5 Å². The molecule has 4 rings (SSSR count). The molecule has 1 amide bonds. The van der Waals surface area contributed by atoms with Crippen molar-refractivity contribution in [3.63, 3.8) is 0 Å². The van der Waals surface area contributed by atoms with Gasteiger partial charge in [-0.15, -0.1) is 0 Å². The highest BCUT2D eigenvalue weighted by Crippen LogP contribution is 2.25. The smallest absolute Gasteiger partial charge is 0.227 e. The van der Waals surface area contributed by atoms with E-state index in [1.54, 1.807) is 24.5 Å². The van der Waals surface area contributed by atoms with Crippen LogP contribution in [0.15, 0.2) is 36.7 Å². The number of benzene rings is 1. The number of piperidine rings is 1. The van der Waals surface area contributed by atoms with Crippen LogP contribution in [0.4, 0.5) is 10.3 Å². The topological polar surface area (TPSA) is 49.3 Å². The van der Waals surface area contributed by atoms with Gasteiger partial charge in [0, 0.05) is 44.1 Å². The van der Waals surface area contributed by atoms with Crippen molar-refractivity contribution in [1.82, 2.24) is 14.9 Å². The van der Waals surface area contributed by atoms with Gasteiger partial charge in [-0.2, -0.15) is 0 Å². The van der Waals surface area contributed by atoms with Gasteiger partial charge >= 0.3 is 0 Å². The number of anilines is 1. The molecule has 3 heterocycles. The Hall–Kier alpha value is -2.50. The van der Waals surface area contributed by atoms with Crippen LogP contribution in [0.2, 0.25) is 0 Å². The fourth-order valence-electron chi connectivity index (χ4n) is 3.83. The monoisotopic (exact) mass is 354 g/mol. The summed E-state index contributed by atoms with van der Waals surface area (Å²) in [7, 11) is 0.